The average Bonchev–Trinajstić information content (AvgIpc) is 2.64. The van der Waals surface area contributed by atoms with E-state index in [1.807, 2.05) is 30.3 Å². The van der Waals surface area contributed by atoms with E-state index in [4.69, 9.17) is 0 Å². The van der Waals surface area contributed by atoms with Crippen LogP contribution in [0.3, 0.4) is 0 Å². The smallest absolute Gasteiger partial charge is 0.369 e. The quantitative estimate of drug-likeness (QED) is 0.732. The molecule has 1 aliphatic heterocycles. The zero-order valence-corrected chi connectivity index (χ0v) is 14.2. The molecule has 1 saturated heterocycles. The summed E-state index contributed by atoms with van der Waals surface area (Å²) in [5.74, 6) is -0.411. The topological polar surface area (TPSA) is 6.48 Å². The fraction of sp³-hybridized carbons (Fsp3) is 0.300. The molecular formula is C20H20F4N2. The minimum absolute atomic E-state index is 0.326. The predicted octanol–water partition coefficient (Wildman–Crippen LogP) is 4.59. The molecule has 0 aliphatic carbocycles. The van der Waals surface area contributed by atoms with Gasteiger partial charge >= 0.3 is 6.18 Å². The molecule has 1 fully saturated rings. The molecule has 138 valence electrons. The number of nitrogens with zero attached hydrogens (tertiary/aromatic N) is 2. The highest BCUT2D eigenvalue weighted by Gasteiger charge is 2.42. The van der Waals surface area contributed by atoms with E-state index in [0.717, 1.165) is 11.8 Å². The van der Waals surface area contributed by atoms with Gasteiger partial charge in [-0.05, 0) is 29.8 Å². The lowest BCUT2D eigenvalue weighted by atomic mass is 10.1. The van der Waals surface area contributed by atoms with E-state index in [1.165, 1.54) is 35.2 Å². The summed E-state index contributed by atoms with van der Waals surface area (Å²) in [5.41, 5.74) is 1.57. The first-order valence-electron chi connectivity index (χ1n) is 8.48. The van der Waals surface area contributed by atoms with E-state index in [2.05, 4.69) is 4.90 Å². The molecule has 26 heavy (non-hydrogen) atoms. The van der Waals surface area contributed by atoms with E-state index in [-0.39, 0.29) is 0 Å². The number of hydrogen-bond donors (Lipinski definition) is 0. The van der Waals surface area contributed by atoms with Crippen molar-refractivity contribution in [2.75, 3.05) is 31.1 Å². The lowest BCUT2D eigenvalue weighted by molar-refractivity contribution is -0.170. The van der Waals surface area contributed by atoms with Gasteiger partial charge in [0.1, 0.15) is 11.9 Å². The SMILES string of the molecule is Fc1ccc(/C=C/[C@@H](N2CCN(c3ccccc3)CC2)C(F)(F)F)cc1. The first-order valence-corrected chi connectivity index (χ1v) is 8.48. The molecule has 1 atom stereocenters. The number of anilines is 1. The molecule has 0 amide bonds. The van der Waals surface area contributed by atoms with Gasteiger partial charge in [-0.2, -0.15) is 13.2 Å². The third-order valence-corrected chi connectivity index (χ3v) is 4.51. The van der Waals surface area contributed by atoms with Crippen molar-refractivity contribution in [2.45, 2.75) is 12.2 Å². The average molecular weight is 364 g/mol. The van der Waals surface area contributed by atoms with Crippen molar-refractivity contribution >= 4 is 11.8 Å². The standard InChI is InChI=1S/C20H20F4N2/c21-17-9-6-16(7-10-17)8-11-19(20(22,23)24)26-14-12-25(13-15-26)18-4-2-1-3-5-18/h1-11,19H,12-15H2/b11-8+/t19-/m1/s1. The summed E-state index contributed by atoms with van der Waals surface area (Å²) in [6.45, 7) is 1.74. The molecule has 0 N–H and O–H groups in total. The second-order valence-electron chi connectivity index (χ2n) is 6.26. The second kappa shape index (κ2) is 7.91. The van der Waals surface area contributed by atoms with Crippen LogP contribution in [0.4, 0.5) is 23.2 Å². The number of hydrogen-bond acceptors (Lipinski definition) is 2. The summed E-state index contributed by atoms with van der Waals surface area (Å²) in [4.78, 5) is 3.53. The molecule has 0 bridgehead atoms. The summed E-state index contributed by atoms with van der Waals surface area (Å²) in [5, 5.41) is 0. The molecule has 1 aliphatic rings. The van der Waals surface area contributed by atoms with Crippen LogP contribution in [0.1, 0.15) is 5.56 Å². The number of benzene rings is 2. The Morgan fingerprint density at radius 2 is 1.46 bits per heavy atom. The van der Waals surface area contributed by atoms with Gasteiger partial charge in [0, 0.05) is 31.9 Å². The van der Waals surface area contributed by atoms with E-state index < -0.39 is 18.0 Å². The van der Waals surface area contributed by atoms with Crippen molar-refractivity contribution in [1.82, 2.24) is 4.90 Å². The molecule has 1 heterocycles. The van der Waals surface area contributed by atoms with Crippen LogP contribution in [0.2, 0.25) is 0 Å². The van der Waals surface area contributed by atoms with Gasteiger partial charge in [-0.1, -0.05) is 42.5 Å². The summed E-state index contributed by atoms with van der Waals surface area (Å²) in [6, 6.07) is 13.4. The number of para-hydroxylation sites is 1. The molecule has 0 aromatic heterocycles. The van der Waals surface area contributed by atoms with Crippen LogP contribution in [0.5, 0.6) is 0 Å². The molecule has 2 aromatic rings. The van der Waals surface area contributed by atoms with Gasteiger partial charge in [-0.3, -0.25) is 4.90 Å². The fourth-order valence-corrected chi connectivity index (χ4v) is 3.11. The molecule has 0 radical (unpaired) electrons. The maximum Gasteiger partial charge on any atom is 0.407 e. The van der Waals surface area contributed by atoms with E-state index in [1.54, 1.807) is 0 Å². The highest BCUT2D eigenvalue weighted by Crippen LogP contribution is 2.28. The largest absolute Gasteiger partial charge is 0.407 e. The van der Waals surface area contributed by atoms with E-state index in [0.29, 0.717) is 31.7 Å². The Morgan fingerprint density at radius 1 is 0.846 bits per heavy atom. The minimum atomic E-state index is -4.36. The number of alkyl halides is 3. The Kier molecular flexibility index (Phi) is 5.61. The zero-order valence-electron chi connectivity index (χ0n) is 14.2. The van der Waals surface area contributed by atoms with Crippen molar-refractivity contribution in [3.8, 4) is 0 Å². The zero-order chi connectivity index (χ0) is 18.6. The van der Waals surface area contributed by atoms with E-state index >= 15 is 0 Å². The Balaban J connectivity index is 1.68. The maximum absolute atomic E-state index is 13.5. The molecular weight excluding hydrogens is 344 g/mol. The number of rotatable bonds is 4. The molecule has 0 spiro atoms. The van der Waals surface area contributed by atoms with Gasteiger partial charge in [0.25, 0.3) is 0 Å². The van der Waals surface area contributed by atoms with Crippen LogP contribution in [0, 0.1) is 5.82 Å². The third kappa shape index (κ3) is 4.64. The fourth-order valence-electron chi connectivity index (χ4n) is 3.11. The Hall–Kier alpha value is -2.34. The van der Waals surface area contributed by atoms with Crippen LogP contribution in [0.15, 0.2) is 60.7 Å². The Labute approximate surface area is 150 Å². The van der Waals surface area contributed by atoms with Crippen LogP contribution in [-0.2, 0) is 0 Å². The molecule has 0 unspecified atom stereocenters. The summed E-state index contributed by atoms with van der Waals surface area (Å²) >= 11 is 0. The third-order valence-electron chi connectivity index (χ3n) is 4.51. The Bertz CT molecular complexity index is 718. The van der Waals surface area contributed by atoms with Gasteiger partial charge in [0.05, 0.1) is 0 Å². The highest BCUT2D eigenvalue weighted by atomic mass is 19.4. The van der Waals surface area contributed by atoms with Crippen LogP contribution >= 0.6 is 0 Å². The first kappa shape index (κ1) is 18.5. The molecule has 6 heteroatoms. The van der Waals surface area contributed by atoms with Crippen LogP contribution in [0.25, 0.3) is 6.08 Å². The highest BCUT2D eigenvalue weighted by molar-refractivity contribution is 5.50. The van der Waals surface area contributed by atoms with Crippen molar-refractivity contribution in [2.24, 2.45) is 0 Å². The Morgan fingerprint density at radius 3 is 2.04 bits per heavy atom. The first-order chi connectivity index (χ1) is 12.4. The van der Waals surface area contributed by atoms with Crippen molar-refractivity contribution in [1.29, 1.82) is 0 Å². The van der Waals surface area contributed by atoms with Crippen LogP contribution in [-0.4, -0.2) is 43.3 Å². The van der Waals surface area contributed by atoms with Gasteiger partial charge in [0.2, 0.25) is 0 Å². The minimum Gasteiger partial charge on any atom is -0.369 e. The van der Waals surface area contributed by atoms with Crippen molar-refractivity contribution in [3.05, 3.63) is 72.1 Å². The van der Waals surface area contributed by atoms with Gasteiger partial charge < -0.3 is 4.90 Å². The van der Waals surface area contributed by atoms with Gasteiger partial charge in [-0.15, -0.1) is 0 Å². The molecule has 2 aromatic carbocycles. The lowest BCUT2D eigenvalue weighted by Gasteiger charge is -2.39. The monoisotopic (exact) mass is 364 g/mol. The number of halogens is 4. The maximum atomic E-state index is 13.5. The van der Waals surface area contributed by atoms with Gasteiger partial charge in [-0.25, -0.2) is 4.39 Å². The normalized spacial score (nSPS) is 17.6. The van der Waals surface area contributed by atoms with Crippen molar-refractivity contribution < 1.29 is 17.6 Å². The molecule has 3 rings (SSSR count). The van der Waals surface area contributed by atoms with Crippen molar-refractivity contribution in [3.63, 3.8) is 0 Å². The predicted molar refractivity (Wildman–Crippen MR) is 95.5 cm³/mol. The molecule has 2 nitrogen and oxygen atoms in total. The summed E-state index contributed by atoms with van der Waals surface area (Å²) in [7, 11) is 0. The van der Waals surface area contributed by atoms with Gasteiger partial charge in [0.15, 0.2) is 0 Å². The summed E-state index contributed by atoms with van der Waals surface area (Å²) < 4.78 is 53.5. The molecule has 0 saturated carbocycles. The number of piperazine rings is 1. The van der Waals surface area contributed by atoms with E-state index in [9.17, 15) is 17.6 Å². The van der Waals surface area contributed by atoms with Crippen LogP contribution < -0.4 is 4.90 Å². The lowest BCUT2D eigenvalue weighted by Crippen LogP contribution is -2.54. The summed E-state index contributed by atoms with van der Waals surface area (Å²) in [6.07, 6.45) is -1.79. The second-order valence-corrected chi connectivity index (χ2v) is 6.26.